The van der Waals surface area contributed by atoms with Gasteiger partial charge in [0.15, 0.2) is 6.10 Å². The molecule has 2 amide bonds. The van der Waals surface area contributed by atoms with Gasteiger partial charge in [-0.05, 0) is 12.1 Å². The molecule has 1 rings (SSSR count). The Morgan fingerprint density at radius 1 is 1.37 bits per heavy atom. The minimum Gasteiger partial charge on any atom is -0.497 e. The summed E-state index contributed by atoms with van der Waals surface area (Å²) in [6, 6.07) is 6.23. The van der Waals surface area contributed by atoms with Crippen LogP contribution < -0.4 is 15.4 Å². The second-order valence-corrected chi connectivity index (χ2v) is 3.61. The molecule has 0 aliphatic rings. The SMILES string of the molecule is COC(=O)C(O)CNC(=O)Nc1cccc(OC)c1. The van der Waals surface area contributed by atoms with Crippen LogP contribution in [-0.2, 0) is 9.53 Å². The number of amides is 2. The number of rotatable bonds is 5. The van der Waals surface area contributed by atoms with E-state index in [0.717, 1.165) is 7.11 Å². The highest BCUT2D eigenvalue weighted by atomic mass is 16.5. The number of hydrogen-bond acceptors (Lipinski definition) is 5. The van der Waals surface area contributed by atoms with Crippen LogP contribution in [0, 0.1) is 0 Å². The van der Waals surface area contributed by atoms with Crippen LogP contribution in [0.4, 0.5) is 10.5 Å². The molecule has 0 aromatic heterocycles. The van der Waals surface area contributed by atoms with Crippen molar-refractivity contribution >= 4 is 17.7 Å². The number of nitrogens with one attached hydrogen (secondary N) is 2. The Kier molecular flexibility index (Phi) is 5.62. The molecule has 7 heteroatoms. The summed E-state index contributed by atoms with van der Waals surface area (Å²) >= 11 is 0. The number of carbonyl (C=O) groups is 2. The van der Waals surface area contributed by atoms with E-state index in [4.69, 9.17) is 4.74 Å². The van der Waals surface area contributed by atoms with Crippen LogP contribution in [0.3, 0.4) is 0 Å². The fraction of sp³-hybridized carbons (Fsp3) is 0.333. The minimum absolute atomic E-state index is 0.234. The van der Waals surface area contributed by atoms with Gasteiger partial charge < -0.3 is 25.2 Å². The van der Waals surface area contributed by atoms with Crippen molar-refractivity contribution in [1.29, 1.82) is 0 Å². The van der Waals surface area contributed by atoms with Gasteiger partial charge in [0.05, 0.1) is 20.8 Å². The summed E-state index contributed by atoms with van der Waals surface area (Å²) in [4.78, 5) is 22.4. The quantitative estimate of drug-likeness (QED) is 0.669. The lowest BCUT2D eigenvalue weighted by atomic mass is 10.3. The third-order valence-electron chi connectivity index (χ3n) is 2.26. The first kappa shape index (κ1) is 14.8. The van der Waals surface area contributed by atoms with E-state index in [1.807, 2.05) is 0 Å². The zero-order valence-corrected chi connectivity index (χ0v) is 10.7. The molecule has 104 valence electrons. The van der Waals surface area contributed by atoms with Gasteiger partial charge in [0.2, 0.25) is 0 Å². The second kappa shape index (κ2) is 7.22. The number of anilines is 1. The monoisotopic (exact) mass is 268 g/mol. The topological polar surface area (TPSA) is 96.9 Å². The third kappa shape index (κ3) is 4.84. The van der Waals surface area contributed by atoms with Crippen molar-refractivity contribution in [3.63, 3.8) is 0 Å². The van der Waals surface area contributed by atoms with Crippen LogP contribution in [0.5, 0.6) is 5.75 Å². The number of aliphatic hydroxyl groups is 1. The molecular weight excluding hydrogens is 252 g/mol. The average Bonchev–Trinajstić information content (AvgIpc) is 2.44. The van der Waals surface area contributed by atoms with Crippen molar-refractivity contribution in [3.05, 3.63) is 24.3 Å². The molecule has 0 fully saturated rings. The third-order valence-corrected chi connectivity index (χ3v) is 2.26. The maximum absolute atomic E-state index is 11.5. The fourth-order valence-electron chi connectivity index (χ4n) is 1.28. The molecule has 0 heterocycles. The highest BCUT2D eigenvalue weighted by Crippen LogP contribution is 2.16. The summed E-state index contributed by atoms with van der Waals surface area (Å²) < 4.78 is 9.32. The summed E-state index contributed by atoms with van der Waals surface area (Å²) in [7, 11) is 2.67. The van der Waals surface area contributed by atoms with Gasteiger partial charge in [0.25, 0.3) is 0 Å². The Labute approximate surface area is 110 Å². The number of ether oxygens (including phenoxy) is 2. The number of esters is 1. The van der Waals surface area contributed by atoms with Crippen LogP contribution in [0.15, 0.2) is 24.3 Å². The van der Waals surface area contributed by atoms with E-state index in [9.17, 15) is 14.7 Å². The van der Waals surface area contributed by atoms with Gasteiger partial charge in [-0.3, -0.25) is 0 Å². The van der Waals surface area contributed by atoms with Crippen LogP contribution in [0.25, 0.3) is 0 Å². The summed E-state index contributed by atoms with van der Waals surface area (Å²) in [6.45, 7) is -0.234. The Hall–Kier alpha value is -2.28. The van der Waals surface area contributed by atoms with Crippen molar-refractivity contribution in [2.75, 3.05) is 26.1 Å². The molecule has 1 aromatic carbocycles. The number of aliphatic hydroxyl groups excluding tert-OH is 1. The normalized spacial score (nSPS) is 11.3. The molecule has 0 saturated carbocycles. The van der Waals surface area contributed by atoms with Gasteiger partial charge in [-0.2, -0.15) is 0 Å². The van der Waals surface area contributed by atoms with E-state index in [-0.39, 0.29) is 6.54 Å². The van der Waals surface area contributed by atoms with Gasteiger partial charge in [0, 0.05) is 11.8 Å². The fourth-order valence-corrected chi connectivity index (χ4v) is 1.28. The average molecular weight is 268 g/mol. The molecule has 0 bridgehead atoms. The molecule has 19 heavy (non-hydrogen) atoms. The smallest absolute Gasteiger partial charge is 0.336 e. The van der Waals surface area contributed by atoms with Crippen LogP contribution in [0.1, 0.15) is 0 Å². The Balaban J connectivity index is 2.44. The number of methoxy groups -OCH3 is 2. The zero-order valence-electron chi connectivity index (χ0n) is 10.7. The first-order chi connectivity index (χ1) is 9.06. The summed E-state index contributed by atoms with van der Waals surface area (Å²) in [5.41, 5.74) is 0.532. The number of hydrogen-bond donors (Lipinski definition) is 3. The molecule has 0 radical (unpaired) electrons. The van der Waals surface area contributed by atoms with Gasteiger partial charge in [-0.15, -0.1) is 0 Å². The van der Waals surface area contributed by atoms with Crippen molar-refractivity contribution in [1.82, 2.24) is 5.32 Å². The molecule has 3 N–H and O–H groups in total. The number of benzene rings is 1. The molecule has 0 saturated heterocycles. The highest BCUT2D eigenvalue weighted by Gasteiger charge is 2.16. The Morgan fingerprint density at radius 3 is 2.74 bits per heavy atom. The number of carbonyl (C=O) groups excluding carboxylic acids is 2. The van der Waals surface area contributed by atoms with E-state index >= 15 is 0 Å². The first-order valence-electron chi connectivity index (χ1n) is 5.51. The van der Waals surface area contributed by atoms with Crippen LogP contribution in [-0.4, -0.2) is 44.0 Å². The molecule has 1 atom stereocenters. The molecule has 7 nitrogen and oxygen atoms in total. The predicted octanol–water partition coefficient (Wildman–Crippen LogP) is 0.351. The van der Waals surface area contributed by atoms with Crippen molar-refractivity contribution < 1.29 is 24.2 Å². The lowest BCUT2D eigenvalue weighted by Gasteiger charge is -2.11. The number of urea groups is 1. The molecule has 1 aromatic rings. The maximum atomic E-state index is 11.5. The zero-order chi connectivity index (χ0) is 14.3. The van der Waals surface area contributed by atoms with E-state index in [1.165, 1.54) is 7.11 Å². The van der Waals surface area contributed by atoms with Gasteiger partial charge >= 0.3 is 12.0 Å². The lowest BCUT2D eigenvalue weighted by molar-refractivity contribution is -0.149. The Bertz CT molecular complexity index is 450. The Morgan fingerprint density at radius 2 is 2.11 bits per heavy atom. The molecule has 1 unspecified atom stereocenters. The van der Waals surface area contributed by atoms with E-state index in [0.29, 0.717) is 11.4 Å². The van der Waals surface area contributed by atoms with Gasteiger partial charge in [-0.25, -0.2) is 9.59 Å². The summed E-state index contributed by atoms with van der Waals surface area (Å²) in [5.74, 6) is -0.200. The van der Waals surface area contributed by atoms with Crippen LogP contribution >= 0.6 is 0 Å². The summed E-state index contributed by atoms with van der Waals surface area (Å²) in [5, 5.41) is 14.2. The maximum Gasteiger partial charge on any atom is 0.336 e. The van der Waals surface area contributed by atoms with Gasteiger partial charge in [0.1, 0.15) is 5.75 Å². The lowest BCUT2D eigenvalue weighted by Crippen LogP contribution is -2.39. The van der Waals surface area contributed by atoms with Crippen molar-refractivity contribution in [2.45, 2.75) is 6.10 Å². The largest absolute Gasteiger partial charge is 0.497 e. The first-order valence-corrected chi connectivity index (χ1v) is 5.51. The predicted molar refractivity (Wildman–Crippen MR) is 68.0 cm³/mol. The molecule has 0 aliphatic heterocycles. The van der Waals surface area contributed by atoms with E-state index in [2.05, 4.69) is 15.4 Å². The second-order valence-electron chi connectivity index (χ2n) is 3.61. The van der Waals surface area contributed by atoms with E-state index in [1.54, 1.807) is 24.3 Å². The minimum atomic E-state index is -1.39. The van der Waals surface area contributed by atoms with E-state index < -0.39 is 18.1 Å². The molecular formula is C12H16N2O5. The van der Waals surface area contributed by atoms with Gasteiger partial charge in [-0.1, -0.05) is 6.07 Å². The van der Waals surface area contributed by atoms with Crippen molar-refractivity contribution in [3.8, 4) is 5.75 Å². The summed E-state index contributed by atoms with van der Waals surface area (Å²) in [6.07, 6.45) is -1.39. The molecule has 0 aliphatic carbocycles. The highest BCUT2D eigenvalue weighted by molar-refractivity contribution is 5.89. The van der Waals surface area contributed by atoms with Crippen molar-refractivity contribution in [2.24, 2.45) is 0 Å². The van der Waals surface area contributed by atoms with Crippen LogP contribution in [0.2, 0.25) is 0 Å². The standard InChI is InChI=1S/C12H16N2O5/c1-18-9-5-3-4-8(6-9)14-12(17)13-7-10(15)11(16)19-2/h3-6,10,15H,7H2,1-2H3,(H2,13,14,17). The molecule has 0 spiro atoms.